The van der Waals surface area contributed by atoms with Crippen LogP contribution in [0.4, 0.5) is 0 Å². The Kier molecular flexibility index (Phi) is 23.2. The molecule has 4 saturated heterocycles. The maximum atomic E-state index is 6.16. The first-order valence-electron chi connectivity index (χ1n) is 35.2. The molecule has 5 aliphatic rings. The Bertz CT molecular complexity index is 4390. The van der Waals surface area contributed by atoms with Crippen LogP contribution in [0.15, 0.2) is 168 Å². The van der Waals surface area contributed by atoms with E-state index < -0.39 is 7.12 Å². The Morgan fingerprint density at radius 2 is 0.860 bits per heavy atom. The number of aliphatic imine (C=N–C) groups is 1. The minimum atomic E-state index is -0.425. The summed E-state index contributed by atoms with van der Waals surface area (Å²) < 4.78 is 27.9. The molecule has 522 valence electrons. The van der Waals surface area contributed by atoms with Crippen molar-refractivity contribution in [1.82, 2.24) is 63.9 Å². The molecule has 18 nitrogen and oxygen atoms in total. The van der Waals surface area contributed by atoms with Crippen LogP contribution in [0, 0.1) is 13.8 Å². The summed E-state index contributed by atoms with van der Waals surface area (Å²) in [6, 6.07) is 49.0. The summed E-state index contributed by atoms with van der Waals surface area (Å²) in [5.74, 6) is 1.70. The van der Waals surface area contributed by atoms with Gasteiger partial charge in [0, 0.05) is 160 Å². The number of piperazine rings is 3. The molecule has 5 aromatic carbocycles. The molecule has 10 aromatic rings. The van der Waals surface area contributed by atoms with Crippen LogP contribution < -0.4 is 14.9 Å². The maximum Gasteiger partial charge on any atom is 0.496 e. The molecule has 0 N–H and O–H groups in total. The summed E-state index contributed by atoms with van der Waals surface area (Å²) in [5.41, 5.74) is 18.5. The van der Waals surface area contributed by atoms with E-state index in [9.17, 15) is 0 Å². The summed E-state index contributed by atoms with van der Waals surface area (Å²) in [5, 5.41) is 11.6. The van der Waals surface area contributed by atoms with Crippen molar-refractivity contribution in [2.75, 3.05) is 114 Å². The molecule has 0 unspecified atom stereocenters. The molecule has 0 aliphatic carbocycles. The smallest absolute Gasteiger partial charge is 0.496 e. The minimum absolute atomic E-state index is 0.375. The number of pyridine rings is 3. The maximum absolute atomic E-state index is 6.16. The molecular formula is C80H98BBrN14O4. The van der Waals surface area contributed by atoms with Crippen molar-refractivity contribution in [1.29, 1.82) is 0 Å². The molecule has 5 aliphatic heterocycles. The number of rotatable bonds is 15. The third-order valence-electron chi connectivity index (χ3n) is 20.3. The van der Waals surface area contributed by atoms with Crippen molar-refractivity contribution >= 4 is 56.3 Å². The van der Waals surface area contributed by atoms with Gasteiger partial charge in [-0.25, -0.2) is 19.3 Å². The zero-order valence-corrected chi connectivity index (χ0v) is 62.2. The SMILES string of the molecule is CC1=NCc2ncc(-c3cccc(CN4CCN(C)CC4)c3)cc21.CN1CCN(Cc2ccc(Br)cc2)CC1.COc1ccc(Cn2nc(C)c3cc(-c4cccc(CN5CCN(C)CC5)c4)cnc32)cc1.COc1ccc(Cn2nc(C)c3cc(B4OC(C)(C)C(C)(C)O4)cnc32)cc1. The molecule has 0 atom stereocenters. The third-order valence-corrected chi connectivity index (χ3v) is 20.9. The van der Waals surface area contributed by atoms with E-state index in [0.717, 1.165) is 156 Å². The van der Waals surface area contributed by atoms with E-state index in [2.05, 4.69) is 226 Å². The second-order valence-corrected chi connectivity index (χ2v) is 29.3. The Hall–Kier alpha value is -8.02. The van der Waals surface area contributed by atoms with Gasteiger partial charge in [0.05, 0.1) is 62.1 Å². The van der Waals surface area contributed by atoms with E-state index in [1.54, 1.807) is 14.2 Å². The molecule has 100 heavy (non-hydrogen) atoms. The van der Waals surface area contributed by atoms with Crippen LogP contribution in [0.25, 0.3) is 44.3 Å². The molecule has 0 spiro atoms. The van der Waals surface area contributed by atoms with Crippen LogP contribution in [-0.2, 0) is 48.6 Å². The van der Waals surface area contributed by atoms with Gasteiger partial charge < -0.3 is 33.5 Å². The molecule has 0 radical (unpaired) electrons. The first-order chi connectivity index (χ1) is 48.2. The van der Waals surface area contributed by atoms with Gasteiger partial charge >= 0.3 is 7.12 Å². The van der Waals surface area contributed by atoms with Gasteiger partial charge in [-0.15, -0.1) is 0 Å². The first kappa shape index (κ1) is 71.8. The molecule has 0 amide bonds. The van der Waals surface area contributed by atoms with Gasteiger partial charge in [0.1, 0.15) is 11.5 Å². The Morgan fingerprint density at radius 3 is 1.33 bits per heavy atom. The number of benzene rings is 5. The standard InChI is InChI=1S/C27H31N5O.C21H26BN3O3.C20H24N4.C12H17BrN2/c1-20-26-16-24(23-6-4-5-22(15-23)18-31-13-11-30(2)12-14-31)17-28-27(26)32(29-20)19-21-7-9-25(33-3)10-8-21;1-14-18-11-16(22-27-20(2,3)21(4,5)28-22)12-23-19(18)25(24-14)13-15-7-9-17(26-6)10-8-15;1-15-19-11-18(12-22-20(19)13-21-15)17-5-3-4-16(10-17)14-24-8-6-23(2)7-9-24;1-14-6-8-15(9-7-14)10-11-2-4-12(13)5-3-11/h4-10,15-17H,11-14,18-19H2,1-3H3;7-12H,13H2,1-6H3;3-5,10-12H,6-9,13-14H2,1-2H3;2-5H,6-10H2,1H3. The van der Waals surface area contributed by atoms with Crippen LogP contribution in [0.2, 0.25) is 0 Å². The number of methoxy groups -OCH3 is 2. The Balaban J connectivity index is 0.000000130. The molecule has 0 bridgehead atoms. The van der Waals surface area contributed by atoms with Gasteiger partial charge in [-0.3, -0.25) is 24.7 Å². The third kappa shape index (κ3) is 18.0. The fourth-order valence-electron chi connectivity index (χ4n) is 13.2. The second-order valence-electron chi connectivity index (χ2n) is 28.4. The van der Waals surface area contributed by atoms with Crippen molar-refractivity contribution in [3.05, 3.63) is 213 Å². The highest BCUT2D eigenvalue weighted by molar-refractivity contribution is 9.10. The van der Waals surface area contributed by atoms with Gasteiger partial charge in [-0.2, -0.15) is 10.2 Å². The Morgan fingerprint density at radius 1 is 0.450 bits per heavy atom. The van der Waals surface area contributed by atoms with Crippen molar-refractivity contribution in [3.63, 3.8) is 0 Å². The fraction of sp³-hybridized carbons (Fsp3) is 0.400. The minimum Gasteiger partial charge on any atom is -0.497 e. The number of hydrogen-bond acceptors (Lipinski definition) is 16. The lowest BCUT2D eigenvalue weighted by Crippen LogP contribution is -2.43. The number of aromatic nitrogens is 7. The largest absolute Gasteiger partial charge is 0.497 e. The van der Waals surface area contributed by atoms with Gasteiger partial charge in [-0.1, -0.05) is 88.7 Å². The van der Waals surface area contributed by atoms with Crippen LogP contribution in [0.5, 0.6) is 11.5 Å². The summed E-state index contributed by atoms with van der Waals surface area (Å²) in [6.45, 7) is 33.4. The lowest BCUT2D eigenvalue weighted by molar-refractivity contribution is 0.00578. The highest BCUT2D eigenvalue weighted by Crippen LogP contribution is 2.37. The summed E-state index contributed by atoms with van der Waals surface area (Å²) in [7, 11) is 9.51. The van der Waals surface area contributed by atoms with Crippen LogP contribution in [0.3, 0.4) is 0 Å². The number of hydrogen-bond donors (Lipinski definition) is 0. The summed E-state index contributed by atoms with van der Waals surface area (Å²) in [6.07, 6.45) is 5.79. The molecule has 5 aromatic heterocycles. The van der Waals surface area contributed by atoms with Crippen LogP contribution in [0.1, 0.15) is 85.1 Å². The van der Waals surface area contributed by atoms with E-state index >= 15 is 0 Å². The number of halogens is 1. The van der Waals surface area contributed by atoms with Gasteiger partial charge in [0.2, 0.25) is 0 Å². The first-order valence-corrected chi connectivity index (χ1v) is 35.9. The zero-order chi connectivity index (χ0) is 70.1. The normalized spacial score (nSPS) is 17.4. The summed E-state index contributed by atoms with van der Waals surface area (Å²) >= 11 is 3.46. The number of ether oxygens (including phenoxy) is 2. The number of nitrogens with zero attached hydrogens (tertiary/aromatic N) is 14. The lowest BCUT2D eigenvalue weighted by Gasteiger charge is -2.32. The second kappa shape index (κ2) is 32.3. The fourth-order valence-corrected chi connectivity index (χ4v) is 13.4. The summed E-state index contributed by atoms with van der Waals surface area (Å²) in [4.78, 5) is 33.4. The Labute approximate surface area is 600 Å². The molecule has 20 heteroatoms. The molecule has 10 heterocycles. The monoisotopic (exact) mass is 1410 g/mol. The predicted octanol–water partition coefficient (Wildman–Crippen LogP) is 12.3. The van der Waals surface area contributed by atoms with E-state index in [1.165, 1.54) is 70.7 Å². The molecule has 0 saturated carbocycles. The van der Waals surface area contributed by atoms with Gasteiger partial charge in [0.25, 0.3) is 0 Å². The topological polar surface area (TPSA) is 143 Å². The molecule has 4 fully saturated rings. The average Bonchev–Trinajstić information content (AvgIpc) is 1.62. The van der Waals surface area contributed by atoms with E-state index in [0.29, 0.717) is 13.1 Å². The van der Waals surface area contributed by atoms with Crippen molar-refractivity contribution in [2.45, 2.75) is 98.9 Å². The van der Waals surface area contributed by atoms with Crippen LogP contribution in [-0.4, -0.2) is 202 Å². The average molecular weight is 1410 g/mol. The predicted molar refractivity (Wildman–Crippen MR) is 408 cm³/mol. The van der Waals surface area contributed by atoms with Gasteiger partial charge in [0.15, 0.2) is 11.3 Å². The van der Waals surface area contributed by atoms with E-state index in [-0.39, 0.29) is 11.2 Å². The molecule has 15 rings (SSSR count). The van der Waals surface area contributed by atoms with Crippen molar-refractivity contribution in [2.24, 2.45) is 4.99 Å². The van der Waals surface area contributed by atoms with Crippen molar-refractivity contribution < 1.29 is 18.8 Å². The highest BCUT2D eigenvalue weighted by Gasteiger charge is 2.52. The van der Waals surface area contributed by atoms with Crippen molar-refractivity contribution in [3.8, 4) is 33.8 Å². The van der Waals surface area contributed by atoms with Gasteiger partial charge in [-0.05, 0) is 175 Å². The van der Waals surface area contributed by atoms with Crippen LogP contribution >= 0.6 is 15.9 Å². The highest BCUT2D eigenvalue weighted by atomic mass is 79.9. The number of likely N-dealkylation sites (N-methyl/N-ethyl adjacent to an activating group) is 3. The number of fused-ring (bicyclic) bond motifs is 3. The quantitative estimate of drug-likeness (QED) is 0.0898. The molecular weight excluding hydrogens is 1310 g/mol. The lowest BCUT2D eigenvalue weighted by atomic mass is 9.80. The van der Waals surface area contributed by atoms with E-state index in [1.807, 2.05) is 71.3 Å². The van der Waals surface area contributed by atoms with E-state index in [4.69, 9.17) is 34.0 Å². The zero-order valence-electron chi connectivity index (χ0n) is 60.6. The number of aryl methyl sites for hydroxylation is 2.